The van der Waals surface area contributed by atoms with E-state index in [9.17, 15) is 51.5 Å². The van der Waals surface area contributed by atoms with E-state index in [0.29, 0.717) is 24.2 Å². The monoisotopic (exact) mass is 1210 g/mol. The summed E-state index contributed by atoms with van der Waals surface area (Å²) in [5.41, 5.74) is 8.37. The van der Waals surface area contributed by atoms with Gasteiger partial charge in [-0.3, -0.25) is 33.9 Å². The summed E-state index contributed by atoms with van der Waals surface area (Å²) in [5.74, 6) is -5.36. The zero-order valence-electron chi connectivity index (χ0n) is 45.5. The molecule has 3 unspecified atom stereocenters. The van der Waals surface area contributed by atoms with Gasteiger partial charge in [0.15, 0.2) is 16.9 Å². The molecule has 82 heavy (non-hydrogen) atoms. The van der Waals surface area contributed by atoms with Crippen LogP contribution in [-0.2, 0) is 68.3 Å². The number of H-pyrrole nitrogens is 1. The number of Topliss-reactive ketones (excluding diaryl/α,β-unsaturated/α-hetero) is 1. The average molecular weight is 1210 g/mol. The number of rotatable bonds is 26. The number of carbonyl (C=O) groups is 7. The van der Waals surface area contributed by atoms with E-state index in [1.807, 2.05) is 31.3 Å². The predicted octanol–water partition coefficient (Wildman–Crippen LogP) is 6.08. The van der Waals surface area contributed by atoms with Crippen LogP contribution in [0.25, 0.3) is 22.3 Å². The molecule has 0 fully saturated rings. The summed E-state index contributed by atoms with van der Waals surface area (Å²) in [6.45, 7) is 2.26. The summed E-state index contributed by atoms with van der Waals surface area (Å²) in [6.07, 6.45) is -1.20. The number of anilines is 2. The summed E-state index contributed by atoms with van der Waals surface area (Å²) in [6, 6.07) is 18.1. The molecular formula is C53H64F3N11O11P2S2. The topological polar surface area (TPSA) is 308 Å². The first-order valence-electron chi connectivity index (χ1n) is 25.5. The molecule has 22 nitrogen and oxygen atoms in total. The second-order valence-corrected chi connectivity index (χ2v) is 22.4. The van der Waals surface area contributed by atoms with Crippen molar-refractivity contribution in [3.8, 4) is 11.1 Å². The number of nitrogens with two attached hydrogens (primary N) is 1. The van der Waals surface area contributed by atoms with Gasteiger partial charge in [0.1, 0.15) is 18.7 Å². The Morgan fingerprint density at radius 1 is 0.756 bits per heavy atom. The molecule has 0 radical (unpaired) electrons. The molecule has 2 aromatic heterocycles. The van der Waals surface area contributed by atoms with E-state index in [1.165, 1.54) is 32.3 Å². The Hall–Kier alpha value is -7.28. The Bertz CT molecular complexity index is 3040. The molecule has 2 heterocycles. The summed E-state index contributed by atoms with van der Waals surface area (Å²) >= 11 is 8.82. The number of methoxy groups -OCH3 is 2. The molecule has 0 spiro atoms. The molecule has 4 amide bonds. The number of aromatic nitrogens is 4. The highest BCUT2D eigenvalue weighted by atomic mass is 32.7. The van der Waals surface area contributed by atoms with Crippen LogP contribution < -0.4 is 42.8 Å². The van der Waals surface area contributed by atoms with Crippen LogP contribution >= 0.6 is 14.1 Å². The van der Waals surface area contributed by atoms with Gasteiger partial charge < -0.3 is 46.5 Å². The van der Waals surface area contributed by atoms with Crippen molar-refractivity contribution in [3.63, 3.8) is 0 Å². The number of benzene rings is 3. The molecule has 0 bridgehead atoms. The number of ketones is 1. The largest absolute Gasteiger partial charge is 0.471 e. The minimum atomic E-state index is -5.29. The summed E-state index contributed by atoms with van der Waals surface area (Å²) in [7, 11) is 7.93. The van der Waals surface area contributed by atoms with E-state index in [-0.39, 0.29) is 59.4 Å². The van der Waals surface area contributed by atoms with Gasteiger partial charge in [-0.2, -0.15) is 18.2 Å². The number of hydrogen-bond acceptors (Lipinski definition) is 19. The average Bonchev–Trinajstić information content (AvgIpc) is 3.51. The van der Waals surface area contributed by atoms with Crippen molar-refractivity contribution in [2.24, 2.45) is 0 Å². The number of alkyl halides is 3. The number of ether oxygens (including phenoxy) is 3. The number of alkyl carbamates (subject to hydrolysis) is 1. The first-order chi connectivity index (χ1) is 39.2. The molecule has 29 heteroatoms. The number of nitrogen functional groups attached to an aromatic ring is 1. The molecule has 440 valence electrons. The lowest BCUT2D eigenvalue weighted by Gasteiger charge is -2.24. The Morgan fingerprint density at radius 2 is 1.30 bits per heavy atom. The van der Waals surface area contributed by atoms with E-state index in [0.717, 1.165) is 88.0 Å². The molecule has 1 aliphatic carbocycles. The Labute approximate surface area is 484 Å². The third-order valence-electron chi connectivity index (χ3n) is 12.5. The molecule has 0 aliphatic heterocycles. The minimum Gasteiger partial charge on any atom is -0.467 e. The van der Waals surface area contributed by atoms with Crippen molar-refractivity contribution in [2.45, 2.75) is 95.1 Å². The van der Waals surface area contributed by atoms with Crippen LogP contribution in [0.2, 0.25) is 0 Å². The van der Waals surface area contributed by atoms with Crippen LogP contribution in [0, 0.1) is 0 Å². The Kier molecular flexibility index (Phi) is 28.1. The number of unbranched alkanes of at least 4 members (excludes halogenated alkanes) is 2. The number of halogens is 3. The van der Waals surface area contributed by atoms with E-state index in [1.54, 1.807) is 7.05 Å². The molecule has 6 rings (SSSR count). The quantitative estimate of drug-likeness (QED) is 0.0143. The van der Waals surface area contributed by atoms with Crippen molar-refractivity contribution < 1.29 is 60.9 Å². The molecule has 3 atom stereocenters. The summed E-state index contributed by atoms with van der Waals surface area (Å²) in [5, 5.41) is 13.8. The van der Waals surface area contributed by atoms with Gasteiger partial charge in [0.2, 0.25) is 11.9 Å². The standard InChI is InChI=1S/C30H36F3N9O7.C23H28N2O4.P2S2/c1-16(43)20(11-12-22(44)38-21(27(47)49-3)6-4-5-13-35-2)39-25(45)17-7-9-19(10-8-17)42(28(48)30(31,32)33)15-18-14-36-24-23(37-18)26(46)41-29(34)40-24;1-24-14-8-7-13-21(22(26)28-2)25-23(27)29-15-20-18-11-5-3-9-16(18)17-10-4-6-12-19(17)20;3-1-2-4/h7-10,14,20-21,35H,4-6,11-13,15H2,1-3H3,(H,38,44)(H,39,45)(H3,34,36,40,41,46);3-6,9-12,20-21,24H,7-8,13-15H2,1-2H3,(H,25,27);. The maximum atomic E-state index is 13.6. The normalized spacial score (nSPS) is 12.6. The Balaban J connectivity index is 0.000000369. The van der Waals surface area contributed by atoms with Crippen molar-refractivity contribution in [1.29, 1.82) is 0 Å². The highest BCUT2D eigenvalue weighted by Crippen LogP contribution is 2.44. The van der Waals surface area contributed by atoms with Crippen LogP contribution in [0.5, 0.6) is 0 Å². The number of fused-ring (bicyclic) bond motifs is 4. The number of carbonyl (C=O) groups excluding carboxylic acids is 7. The second-order valence-electron chi connectivity index (χ2n) is 18.1. The number of amides is 4. The first kappa shape index (κ1) is 67.2. The number of aromatic amines is 1. The second kappa shape index (κ2) is 34.2. The van der Waals surface area contributed by atoms with Gasteiger partial charge >= 0.3 is 30.1 Å². The van der Waals surface area contributed by atoms with Crippen molar-refractivity contribution in [1.82, 2.24) is 46.5 Å². The van der Waals surface area contributed by atoms with Gasteiger partial charge in [0.25, 0.3) is 11.5 Å². The molecule has 8 N–H and O–H groups in total. The van der Waals surface area contributed by atoms with Crippen LogP contribution in [0.15, 0.2) is 83.8 Å². The number of nitrogens with zero attached hydrogens (tertiary/aromatic N) is 4. The summed E-state index contributed by atoms with van der Waals surface area (Å²) < 4.78 is 55.8. The van der Waals surface area contributed by atoms with Gasteiger partial charge in [-0.05, 0) is 149 Å². The SMILES string of the molecule is CNCCCCC(NC(=O)CCC(NC(=O)c1ccc(N(Cc2cnc3nc(N)[nH]c(=O)c3n2)C(=O)C(F)(F)F)cc1)C(C)=O)C(=O)OC.CNCCCCC(NC(=O)OCC1c2ccccc2-c2ccccc21)C(=O)OC.S=PP=S. The highest BCUT2D eigenvalue weighted by Gasteiger charge is 2.43. The fraction of sp³-hybridized carbons (Fsp3) is 0.415. The molecule has 3 aromatic carbocycles. The summed E-state index contributed by atoms with van der Waals surface area (Å²) in [4.78, 5) is 113. The first-order valence-corrected chi connectivity index (χ1v) is 30.1. The third-order valence-corrected chi connectivity index (χ3v) is 15.2. The highest BCUT2D eigenvalue weighted by molar-refractivity contribution is 8.40. The van der Waals surface area contributed by atoms with Crippen LogP contribution in [0.4, 0.5) is 29.6 Å². The van der Waals surface area contributed by atoms with Crippen LogP contribution in [0.3, 0.4) is 0 Å². The fourth-order valence-electron chi connectivity index (χ4n) is 8.46. The lowest BCUT2D eigenvalue weighted by molar-refractivity contribution is -0.170. The molecule has 0 saturated carbocycles. The molecular weight excluding hydrogens is 1150 g/mol. The van der Waals surface area contributed by atoms with E-state index in [4.69, 9.17) is 19.9 Å². The lowest BCUT2D eigenvalue weighted by atomic mass is 9.98. The van der Waals surface area contributed by atoms with Crippen LogP contribution in [0.1, 0.15) is 91.4 Å². The van der Waals surface area contributed by atoms with Crippen LogP contribution in [-0.4, -0.2) is 134 Å². The Morgan fingerprint density at radius 3 is 1.82 bits per heavy atom. The fourth-order valence-corrected chi connectivity index (χ4v) is 8.46. The molecule has 0 saturated heterocycles. The molecule has 5 aromatic rings. The van der Waals surface area contributed by atoms with Gasteiger partial charge in [-0.25, -0.2) is 24.4 Å². The maximum absolute atomic E-state index is 13.6. The van der Waals surface area contributed by atoms with Gasteiger partial charge in [0.05, 0.1) is 38.7 Å². The lowest BCUT2D eigenvalue weighted by Crippen LogP contribution is -2.44. The third kappa shape index (κ3) is 20.6. The number of hydrogen-bond donors (Lipinski definition) is 7. The zero-order valence-corrected chi connectivity index (χ0v) is 48.9. The predicted molar refractivity (Wildman–Crippen MR) is 309 cm³/mol. The smallest absolute Gasteiger partial charge is 0.467 e. The number of esters is 2. The van der Waals surface area contributed by atoms with Crippen molar-refractivity contribution in [2.75, 3.05) is 58.6 Å². The van der Waals surface area contributed by atoms with E-state index >= 15 is 0 Å². The van der Waals surface area contributed by atoms with Gasteiger partial charge in [0, 0.05) is 37.7 Å². The van der Waals surface area contributed by atoms with E-state index < -0.39 is 77.9 Å². The zero-order chi connectivity index (χ0) is 60.4. The van der Waals surface area contributed by atoms with Crippen molar-refractivity contribution >= 4 is 102 Å². The minimum absolute atomic E-state index is 0.0136. The number of nitrogens with one attached hydrogen (secondary N) is 6. The maximum Gasteiger partial charge on any atom is 0.471 e. The van der Waals surface area contributed by atoms with Gasteiger partial charge in [-0.1, -0.05) is 48.5 Å². The molecule has 1 aliphatic rings. The van der Waals surface area contributed by atoms with Gasteiger partial charge in [-0.15, -0.1) is 0 Å². The van der Waals surface area contributed by atoms with E-state index in [2.05, 4.69) is 94.4 Å². The van der Waals surface area contributed by atoms with Crippen molar-refractivity contribution in [3.05, 3.63) is 112 Å².